The lowest BCUT2D eigenvalue weighted by Crippen LogP contribution is -2.21. The van der Waals surface area contributed by atoms with Crippen LogP contribution in [0.2, 0.25) is 0 Å². The number of rotatable bonds is 2. The molecule has 0 aromatic heterocycles. The van der Waals surface area contributed by atoms with Gasteiger partial charge in [0.1, 0.15) is 0 Å². The van der Waals surface area contributed by atoms with Gasteiger partial charge in [0.05, 0.1) is 6.10 Å². The summed E-state index contributed by atoms with van der Waals surface area (Å²) in [5.74, 6) is -0.541. The van der Waals surface area contributed by atoms with Crippen LogP contribution >= 0.6 is 0 Å². The van der Waals surface area contributed by atoms with Crippen molar-refractivity contribution in [3.63, 3.8) is 0 Å². The second-order valence-corrected chi connectivity index (χ2v) is 3.28. The Kier molecular flexibility index (Phi) is 2.88. The minimum absolute atomic E-state index is 0.205. The van der Waals surface area contributed by atoms with Gasteiger partial charge in [0.2, 0.25) is 0 Å². The Morgan fingerprint density at radius 2 is 2.18 bits per heavy atom. The highest BCUT2D eigenvalue weighted by Crippen LogP contribution is 2.26. The van der Waals surface area contributed by atoms with Crippen molar-refractivity contribution in [2.45, 2.75) is 38.2 Å². The molecule has 0 amide bonds. The maximum Gasteiger partial charge on any atom is 0.303 e. The van der Waals surface area contributed by atoms with Crippen LogP contribution < -0.4 is 0 Å². The van der Waals surface area contributed by atoms with E-state index < -0.39 is 5.97 Å². The van der Waals surface area contributed by atoms with Crippen molar-refractivity contribution in [1.82, 2.24) is 0 Å². The van der Waals surface area contributed by atoms with Crippen molar-refractivity contribution in [2.75, 3.05) is 0 Å². The van der Waals surface area contributed by atoms with Crippen molar-refractivity contribution in [1.29, 1.82) is 0 Å². The van der Waals surface area contributed by atoms with Gasteiger partial charge in [0.25, 0.3) is 0 Å². The van der Waals surface area contributed by atoms with Gasteiger partial charge in [-0.1, -0.05) is 6.42 Å². The summed E-state index contributed by atoms with van der Waals surface area (Å²) in [7, 11) is 0. The van der Waals surface area contributed by atoms with E-state index in [0.29, 0.717) is 6.42 Å². The van der Waals surface area contributed by atoms with Crippen molar-refractivity contribution in [3.05, 3.63) is 0 Å². The predicted octanol–water partition coefficient (Wildman–Crippen LogP) is 1.01. The normalized spacial score (nSPS) is 31.7. The summed E-state index contributed by atoms with van der Waals surface area (Å²) in [6, 6.07) is 0. The third kappa shape index (κ3) is 2.89. The first-order valence-electron chi connectivity index (χ1n) is 4.08. The van der Waals surface area contributed by atoms with Gasteiger partial charge in [-0.05, 0) is 25.2 Å². The molecule has 2 atom stereocenters. The molecule has 1 rings (SSSR count). The van der Waals surface area contributed by atoms with Crippen LogP contribution in [0.15, 0.2) is 0 Å². The fourth-order valence-corrected chi connectivity index (χ4v) is 1.69. The number of aliphatic carboxylic acids is 1. The van der Waals surface area contributed by atoms with Gasteiger partial charge < -0.3 is 10.2 Å². The van der Waals surface area contributed by atoms with Crippen molar-refractivity contribution in [3.8, 4) is 0 Å². The molecule has 0 bridgehead atoms. The molecule has 0 unspecified atom stereocenters. The smallest absolute Gasteiger partial charge is 0.303 e. The number of hydrogen-bond acceptors (Lipinski definition) is 2. The molecule has 0 aromatic rings. The summed E-state index contributed by atoms with van der Waals surface area (Å²) in [5, 5.41) is 17.7. The highest BCUT2D eigenvalue weighted by atomic mass is 16.4. The second kappa shape index (κ2) is 3.72. The van der Waals surface area contributed by atoms with Crippen LogP contribution in [0.5, 0.6) is 0 Å². The number of carboxylic acid groups (broad SMARTS) is 1. The Morgan fingerprint density at radius 1 is 1.45 bits per heavy atom. The Balaban J connectivity index is 2.28. The third-order valence-electron chi connectivity index (χ3n) is 2.22. The summed E-state index contributed by atoms with van der Waals surface area (Å²) >= 11 is 0. The molecule has 0 spiro atoms. The van der Waals surface area contributed by atoms with E-state index in [0.717, 1.165) is 19.3 Å². The van der Waals surface area contributed by atoms with Gasteiger partial charge in [0, 0.05) is 6.42 Å². The van der Waals surface area contributed by atoms with E-state index in [1.165, 1.54) is 0 Å². The first kappa shape index (κ1) is 8.53. The molecule has 3 nitrogen and oxygen atoms in total. The largest absolute Gasteiger partial charge is 0.481 e. The molecule has 0 saturated heterocycles. The van der Waals surface area contributed by atoms with Gasteiger partial charge >= 0.3 is 5.97 Å². The fourth-order valence-electron chi connectivity index (χ4n) is 1.69. The minimum atomic E-state index is -0.746. The van der Waals surface area contributed by atoms with E-state index in [1.54, 1.807) is 0 Å². The number of aliphatic hydroxyl groups is 1. The Morgan fingerprint density at radius 3 is 2.73 bits per heavy atom. The standard InChI is InChI=1S/C8H14O3/c9-7-3-1-2-6(4-7)5-8(10)11/h6-7,9H,1-5H2,(H,10,11)/t6-,7+/m1/s1. The molecule has 11 heavy (non-hydrogen) atoms. The van der Waals surface area contributed by atoms with Crippen LogP contribution in [0.3, 0.4) is 0 Å². The minimum Gasteiger partial charge on any atom is -0.481 e. The van der Waals surface area contributed by atoms with Crippen LogP contribution in [0.1, 0.15) is 32.1 Å². The zero-order chi connectivity index (χ0) is 8.27. The van der Waals surface area contributed by atoms with E-state index in [4.69, 9.17) is 5.11 Å². The molecule has 1 fully saturated rings. The summed E-state index contributed by atoms with van der Waals surface area (Å²) in [6.45, 7) is 0. The highest BCUT2D eigenvalue weighted by Gasteiger charge is 2.21. The summed E-state index contributed by atoms with van der Waals surface area (Å²) in [6.07, 6.45) is 3.41. The van der Waals surface area contributed by atoms with Crippen molar-refractivity contribution < 1.29 is 15.0 Å². The van der Waals surface area contributed by atoms with Crippen LogP contribution in [-0.2, 0) is 4.79 Å². The zero-order valence-electron chi connectivity index (χ0n) is 6.49. The monoisotopic (exact) mass is 158 g/mol. The molecule has 2 N–H and O–H groups in total. The lowest BCUT2D eigenvalue weighted by Gasteiger charge is -2.24. The van der Waals surface area contributed by atoms with Gasteiger partial charge in [0.15, 0.2) is 0 Å². The molecule has 64 valence electrons. The highest BCUT2D eigenvalue weighted by molar-refractivity contribution is 5.67. The van der Waals surface area contributed by atoms with Gasteiger partial charge in [-0.15, -0.1) is 0 Å². The van der Waals surface area contributed by atoms with E-state index in [2.05, 4.69) is 0 Å². The Bertz CT molecular complexity index is 144. The maximum absolute atomic E-state index is 10.3. The average Bonchev–Trinajstić information content (AvgIpc) is 1.85. The number of carbonyl (C=O) groups is 1. The summed E-state index contributed by atoms with van der Waals surface area (Å²) < 4.78 is 0. The van der Waals surface area contributed by atoms with Crippen LogP contribution in [-0.4, -0.2) is 22.3 Å². The molecular weight excluding hydrogens is 144 g/mol. The Hall–Kier alpha value is -0.570. The molecule has 3 heteroatoms. The topological polar surface area (TPSA) is 57.5 Å². The van der Waals surface area contributed by atoms with Gasteiger partial charge in [-0.3, -0.25) is 4.79 Å². The lowest BCUT2D eigenvalue weighted by atomic mass is 9.85. The SMILES string of the molecule is O=C(O)C[C@@H]1CCC[C@H](O)C1. The first-order valence-corrected chi connectivity index (χ1v) is 4.08. The molecular formula is C8H14O3. The summed E-state index contributed by atoms with van der Waals surface area (Å²) in [5.41, 5.74) is 0. The lowest BCUT2D eigenvalue weighted by molar-refractivity contribution is -0.138. The molecule has 0 aliphatic heterocycles. The number of hydrogen-bond donors (Lipinski definition) is 2. The fraction of sp³-hybridized carbons (Fsp3) is 0.875. The number of carboxylic acids is 1. The molecule has 0 aromatic carbocycles. The third-order valence-corrected chi connectivity index (χ3v) is 2.22. The van der Waals surface area contributed by atoms with E-state index in [9.17, 15) is 9.90 Å². The molecule has 1 aliphatic carbocycles. The molecule has 1 aliphatic rings. The average molecular weight is 158 g/mol. The van der Waals surface area contributed by atoms with Gasteiger partial charge in [-0.25, -0.2) is 0 Å². The Labute approximate surface area is 66.0 Å². The zero-order valence-corrected chi connectivity index (χ0v) is 6.49. The quantitative estimate of drug-likeness (QED) is 0.630. The predicted molar refractivity (Wildman–Crippen MR) is 40.2 cm³/mol. The molecule has 1 saturated carbocycles. The molecule has 0 heterocycles. The van der Waals surface area contributed by atoms with Gasteiger partial charge in [-0.2, -0.15) is 0 Å². The van der Waals surface area contributed by atoms with Crippen LogP contribution in [0, 0.1) is 5.92 Å². The second-order valence-electron chi connectivity index (χ2n) is 3.28. The van der Waals surface area contributed by atoms with E-state index >= 15 is 0 Å². The maximum atomic E-state index is 10.3. The van der Waals surface area contributed by atoms with E-state index in [1.807, 2.05) is 0 Å². The van der Waals surface area contributed by atoms with E-state index in [-0.39, 0.29) is 18.4 Å². The van der Waals surface area contributed by atoms with Crippen LogP contribution in [0.4, 0.5) is 0 Å². The molecule has 0 radical (unpaired) electrons. The van der Waals surface area contributed by atoms with Crippen molar-refractivity contribution >= 4 is 5.97 Å². The van der Waals surface area contributed by atoms with Crippen molar-refractivity contribution in [2.24, 2.45) is 5.92 Å². The summed E-state index contributed by atoms with van der Waals surface area (Å²) in [4.78, 5) is 10.3. The first-order chi connectivity index (χ1) is 5.18. The van der Waals surface area contributed by atoms with Crippen LogP contribution in [0.25, 0.3) is 0 Å². The number of aliphatic hydroxyl groups excluding tert-OH is 1.